The van der Waals surface area contributed by atoms with Gasteiger partial charge in [-0.2, -0.15) is 0 Å². The van der Waals surface area contributed by atoms with Crippen LogP contribution >= 0.6 is 15.9 Å². The minimum absolute atomic E-state index is 0.210. The third-order valence-electron chi connectivity index (χ3n) is 2.10. The zero-order chi connectivity index (χ0) is 10.7. The second-order valence-corrected chi connectivity index (χ2v) is 4.06. The average molecular weight is 254 g/mol. The number of aryl methyl sites for hydroxylation is 1. The molecular weight excluding hydrogens is 242 g/mol. The van der Waals surface area contributed by atoms with Gasteiger partial charge in [0.05, 0.1) is 4.48 Å². The smallest absolute Gasteiger partial charge is 0.262 e. The lowest BCUT2D eigenvalue weighted by atomic mass is 10.1. The fraction of sp³-hybridized carbons (Fsp3) is 0.182. The van der Waals surface area contributed by atoms with E-state index in [4.69, 9.17) is 0 Å². The van der Waals surface area contributed by atoms with E-state index in [1.807, 2.05) is 32.0 Å². The second kappa shape index (κ2) is 4.42. The molecule has 74 valence electrons. The standard InChI is InChI=1S/C11H12BrNO/c1-7-5-4-6-10(8(7)2)13-11(14)9(3)12/h4-6H,3H2,1-2H3,(H,13,14). The van der Waals surface area contributed by atoms with E-state index in [0.29, 0.717) is 4.48 Å². The molecule has 0 heterocycles. The van der Waals surface area contributed by atoms with Crippen molar-refractivity contribution in [3.8, 4) is 0 Å². The molecule has 3 heteroatoms. The number of amides is 1. The third kappa shape index (κ3) is 2.45. The van der Waals surface area contributed by atoms with E-state index in [9.17, 15) is 4.79 Å². The minimum Gasteiger partial charge on any atom is -0.321 e. The summed E-state index contributed by atoms with van der Waals surface area (Å²) in [5, 5.41) is 2.77. The van der Waals surface area contributed by atoms with E-state index in [1.54, 1.807) is 0 Å². The maximum atomic E-state index is 11.3. The van der Waals surface area contributed by atoms with E-state index in [0.717, 1.165) is 16.8 Å². The van der Waals surface area contributed by atoms with Crippen LogP contribution in [0.1, 0.15) is 11.1 Å². The van der Waals surface area contributed by atoms with Gasteiger partial charge < -0.3 is 5.32 Å². The predicted molar refractivity (Wildman–Crippen MR) is 62.6 cm³/mol. The number of carbonyl (C=O) groups is 1. The summed E-state index contributed by atoms with van der Waals surface area (Å²) in [6, 6.07) is 5.79. The first kappa shape index (κ1) is 11.0. The molecule has 1 aromatic rings. The summed E-state index contributed by atoms with van der Waals surface area (Å²) in [6.45, 7) is 7.49. The molecule has 0 spiro atoms. The molecule has 0 aliphatic rings. The number of hydrogen-bond donors (Lipinski definition) is 1. The molecule has 0 saturated carbocycles. The van der Waals surface area contributed by atoms with Crippen molar-refractivity contribution >= 4 is 27.5 Å². The maximum absolute atomic E-state index is 11.3. The molecule has 1 rings (SSSR count). The van der Waals surface area contributed by atoms with Crippen LogP contribution in [0.3, 0.4) is 0 Å². The molecule has 1 aromatic carbocycles. The van der Waals surface area contributed by atoms with Crippen molar-refractivity contribution in [3.63, 3.8) is 0 Å². The molecule has 14 heavy (non-hydrogen) atoms. The maximum Gasteiger partial charge on any atom is 0.262 e. The van der Waals surface area contributed by atoms with Crippen LogP contribution in [0, 0.1) is 13.8 Å². The summed E-state index contributed by atoms with van der Waals surface area (Å²) in [5.41, 5.74) is 3.06. The van der Waals surface area contributed by atoms with Crippen molar-refractivity contribution in [2.24, 2.45) is 0 Å². The van der Waals surface area contributed by atoms with Crippen molar-refractivity contribution in [2.45, 2.75) is 13.8 Å². The van der Waals surface area contributed by atoms with Gasteiger partial charge in [-0.05, 0) is 47.0 Å². The summed E-state index contributed by atoms with van der Waals surface area (Å²) in [6.07, 6.45) is 0. The third-order valence-corrected chi connectivity index (χ3v) is 2.46. The zero-order valence-electron chi connectivity index (χ0n) is 8.23. The normalized spacial score (nSPS) is 9.64. The fourth-order valence-electron chi connectivity index (χ4n) is 1.08. The molecule has 0 aliphatic heterocycles. The van der Waals surface area contributed by atoms with Gasteiger partial charge in [0.15, 0.2) is 0 Å². The number of nitrogens with one attached hydrogen (secondary N) is 1. The van der Waals surface area contributed by atoms with Gasteiger partial charge in [0, 0.05) is 5.69 Å². The van der Waals surface area contributed by atoms with E-state index in [1.165, 1.54) is 0 Å². The Morgan fingerprint density at radius 1 is 1.43 bits per heavy atom. The first-order valence-corrected chi connectivity index (χ1v) is 5.03. The number of benzene rings is 1. The Labute approximate surface area is 92.1 Å². The van der Waals surface area contributed by atoms with Crippen LogP contribution in [0.2, 0.25) is 0 Å². The Morgan fingerprint density at radius 2 is 2.07 bits per heavy atom. The Bertz CT molecular complexity index is 385. The Balaban J connectivity index is 2.93. The Hall–Kier alpha value is -1.09. The van der Waals surface area contributed by atoms with Gasteiger partial charge >= 0.3 is 0 Å². The molecule has 0 bridgehead atoms. The van der Waals surface area contributed by atoms with Gasteiger partial charge in [0.2, 0.25) is 0 Å². The lowest BCUT2D eigenvalue weighted by molar-refractivity contribution is -0.112. The molecule has 1 amide bonds. The predicted octanol–water partition coefficient (Wildman–Crippen LogP) is 3.15. The molecule has 0 unspecified atom stereocenters. The topological polar surface area (TPSA) is 29.1 Å². The number of rotatable bonds is 2. The highest BCUT2D eigenvalue weighted by atomic mass is 79.9. The summed E-state index contributed by atoms with van der Waals surface area (Å²) in [5.74, 6) is -0.210. The van der Waals surface area contributed by atoms with Gasteiger partial charge in [0.1, 0.15) is 0 Å². The number of carbonyl (C=O) groups excluding carboxylic acids is 1. The fourth-order valence-corrected chi connectivity index (χ4v) is 1.18. The molecular formula is C11H12BrNO. The molecule has 0 saturated heterocycles. The SMILES string of the molecule is C=C(Br)C(=O)Nc1cccc(C)c1C. The monoisotopic (exact) mass is 253 g/mol. The highest BCUT2D eigenvalue weighted by Crippen LogP contribution is 2.19. The Kier molecular flexibility index (Phi) is 3.47. The van der Waals surface area contributed by atoms with Crippen LogP contribution in [0.5, 0.6) is 0 Å². The lowest BCUT2D eigenvalue weighted by Crippen LogP contribution is -2.11. The Morgan fingerprint density at radius 3 is 2.64 bits per heavy atom. The van der Waals surface area contributed by atoms with E-state index in [2.05, 4.69) is 27.8 Å². The van der Waals surface area contributed by atoms with Crippen molar-refractivity contribution in [1.29, 1.82) is 0 Å². The van der Waals surface area contributed by atoms with Crippen LogP contribution < -0.4 is 5.32 Å². The van der Waals surface area contributed by atoms with E-state index >= 15 is 0 Å². The van der Waals surface area contributed by atoms with Crippen molar-refractivity contribution in [3.05, 3.63) is 40.4 Å². The highest BCUT2D eigenvalue weighted by molar-refractivity contribution is 9.12. The molecule has 0 fully saturated rings. The summed E-state index contributed by atoms with van der Waals surface area (Å²) in [4.78, 5) is 11.3. The van der Waals surface area contributed by atoms with Gasteiger partial charge in [-0.15, -0.1) is 0 Å². The van der Waals surface area contributed by atoms with Crippen molar-refractivity contribution in [2.75, 3.05) is 5.32 Å². The zero-order valence-corrected chi connectivity index (χ0v) is 9.81. The second-order valence-electron chi connectivity index (χ2n) is 3.11. The van der Waals surface area contributed by atoms with Gasteiger partial charge in [-0.25, -0.2) is 0 Å². The van der Waals surface area contributed by atoms with Crippen LogP contribution in [0.4, 0.5) is 5.69 Å². The van der Waals surface area contributed by atoms with Gasteiger partial charge in [-0.1, -0.05) is 18.7 Å². The lowest BCUT2D eigenvalue weighted by Gasteiger charge is -2.09. The molecule has 1 N–H and O–H groups in total. The highest BCUT2D eigenvalue weighted by Gasteiger charge is 2.06. The van der Waals surface area contributed by atoms with Crippen LogP contribution in [-0.2, 0) is 4.79 Å². The quantitative estimate of drug-likeness (QED) is 0.807. The number of anilines is 1. The van der Waals surface area contributed by atoms with Crippen molar-refractivity contribution in [1.82, 2.24) is 0 Å². The molecule has 0 aromatic heterocycles. The average Bonchev–Trinajstić information content (AvgIpc) is 2.12. The summed E-state index contributed by atoms with van der Waals surface area (Å²) in [7, 11) is 0. The first-order chi connectivity index (χ1) is 6.52. The molecule has 0 aliphatic carbocycles. The van der Waals surface area contributed by atoms with Gasteiger partial charge in [0.25, 0.3) is 5.91 Å². The van der Waals surface area contributed by atoms with Gasteiger partial charge in [-0.3, -0.25) is 4.79 Å². The summed E-state index contributed by atoms with van der Waals surface area (Å²) >= 11 is 3.03. The number of hydrogen-bond acceptors (Lipinski definition) is 1. The van der Waals surface area contributed by atoms with E-state index in [-0.39, 0.29) is 5.91 Å². The summed E-state index contributed by atoms with van der Waals surface area (Å²) < 4.78 is 0.332. The van der Waals surface area contributed by atoms with Crippen LogP contribution in [0.15, 0.2) is 29.3 Å². The number of halogens is 1. The molecule has 0 atom stereocenters. The largest absolute Gasteiger partial charge is 0.321 e. The van der Waals surface area contributed by atoms with Crippen LogP contribution in [-0.4, -0.2) is 5.91 Å². The minimum atomic E-state index is -0.210. The van der Waals surface area contributed by atoms with Crippen molar-refractivity contribution < 1.29 is 4.79 Å². The molecule has 2 nitrogen and oxygen atoms in total. The van der Waals surface area contributed by atoms with Crippen LogP contribution in [0.25, 0.3) is 0 Å². The molecule has 0 radical (unpaired) electrons. The van der Waals surface area contributed by atoms with E-state index < -0.39 is 0 Å². The first-order valence-electron chi connectivity index (χ1n) is 4.24.